The standard InChI is InChI=1S/C28H41NO3/c1-8-27(4,5)31-24-18-17-22(25(20-24)32-28(6,7)9-2)12-10-11-19-29-26(30)23-15-13-21(3)14-16-23/h13-18,20H,8-12,19H2,1-7H3,(H,29,30). The molecular weight excluding hydrogens is 398 g/mol. The summed E-state index contributed by atoms with van der Waals surface area (Å²) in [4.78, 5) is 12.3. The normalized spacial score (nSPS) is 11.8. The number of unbranched alkanes of at least 4 members (excludes halogenated alkanes) is 1. The number of rotatable bonds is 12. The minimum absolute atomic E-state index is 0.0150. The highest BCUT2D eigenvalue weighted by Crippen LogP contribution is 2.32. The second-order valence-electron chi connectivity index (χ2n) is 9.78. The first-order valence-electron chi connectivity index (χ1n) is 11.9. The van der Waals surface area contributed by atoms with Gasteiger partial charge in [-0.05, 0) is 90.5 Å². The van der Waals surface area contributed by atoms with Gasteiger partial charge < -0.3 is 14.8 Å². The van der Waals surface area contributed by atoms with Crippen LogP contribution in [0.2, 0.25) is 0 Å². The molecule has 0 bridgehead atoms. The molecule has 0 heterocycles. The maximum atomic E-state index is 12.3. The third-order valence-electron chi connectivity index (χ3n) is 5.99. The van der Waals surface area contributed by atoms with E-state index in [1.54, 1.807) is 0 Å². The van der Waals surface area contributed by atoms with Gasteiger partial charge in [-0.1, -0.05) is 37.6 Å². The first-order valence-corrected chi connectivity index (χ1v) is 11.9. The molecule has 0 aliphatic carbocycles. The van der Waals surface area contributed by atoms with Crippen molar-refractivity contribution in [3.8, 4) is 11.5 Å². The molecule has 32 heavy (non-hydrogen) atoms. The lowest BCUT2D eigenvalue weighted by Gasteiger charge is -2.29. The first kappa shape index (κ1) is 25.8. The minimum Gasteiger partial charge on any atom is -0.488 e. The van der Waals surface area contributed by atoms with Crippen LogP contribution in [0.3, 0.4) is 0 Å². The highest BCUT2D eigenvalue weighted by Gasteiger charge is 2.21. The van der Waals surface area contributed by atoms with E-state index in [9.17, 15) is 4.79 Å². The Morgan fingerprint density at radius 2 is 1.50 bits per heavy atom. The zero-order valence-electron chi connectivity index (χ0n) is 21.0. The molecule has 0 aliphatic rings. The molecule has 2 aromatic carbocycles. The summed E-state index contributed by atoms with van der Waals surface area (Å²) in [5.41, 5.74) is 2.59. The van der Waals surface area contributed by atoms with Crippen LogP contribution in [-0.4, -0.2) is 23.7 Å². The van der Waals surface area contributed by atoms with Crippen LogP contribution in [0, 0.1) is 6.92 Å². The molecule has 0 saturated heterocycles. The monoisotopic (exact) mass is 439 g/mol. The second kappa shape index (κ2) is 11.4. The Morgan fingerprint density at radius 3 is 2.12 bits per heavy atom. The van der Waals surface area contributed by atoms with Gasteiger partial charge in [-0.3, -0.25) is 4.79 Å². The van der Waals surface area contributed by atoms with E-state index in [0.29, 0.717) is 12.1 Å². The fourth-order valence-electron chi connectivity index (χ4n) is 3.11. The molecule has 4 nitrogen and oxygen atoms in total. The van der Waals surface area contributed by atoms with E-state index in [4.69, 9.17) is 9.47 Å². The van der Waals surface area contributed by atoms with Crippen molar-refractivity contribution in [2.45, 2.75) is 91.8 Å². The number of aryl methyl sites for hydroxylation is 2. The smallest absolute Gasteiger partial charge is 0.251 e. The Morgan fingerprint density at radius 1 is 0.875 bits per heavy atom. The van der Waals surface area contributed by atoms with Gasteiger partial charge in [0.1, 0.15) is 22.7 Å². The second-order valence-corrected chi connectivity index (χ2v) is 9.78. The molecule has 2 aromatic rings. The van der Waals surface area contributed by atoms with Crippen LogP contribution in [-0.2, 0) is 6.42 Å². The van der Waals surface area contributed by atoms with Gasteiger partial charge in [0.15, 0.2) is 0 Å². The van der Waals surface area contributed by atoms with E-state index in [-0.39, 0.29) is 17.1 Å². The lowest BCUT2D eigenvalue weighted by Crippen LogP contribution is -2.28. The number of nitrogens with one attached hydrogen (secondary N) is 1. The number of carbonyl (C=O) groups is 1. The molecule has 0 atom stereocenters. The first-order chi connectivity index (χ1) is 15.0. The summed E-state index contributed by atoms with van der Waals surface area (Å²) < 4.78 is 12.6. The molecular formula is C28H41NO3. The molecule has 0 fully saturated rings. The van der Waals surface area contributed by atoms with Gasteiger partial charge in [0, 0.05) is 18.2 Å². The number of hydrogen-bond donors (Lipinski definition) is 1. The van der Waals surface area contributed by atoms with E-state index in [0.717, 1.165) is 49.2 Å². The van der Waals surface area contributed by atoms with E-state index in [2.05, 4.69) is 52.9 Å². The van der Waals surface area contributed by atoms with Crippen LogP contribution >= 0.6 is 0 Å². The van der Waals surface area contributed by atoms with Crippen molar-refractivity contribution in [1.29, 1.82) is 0 Å². The largest absolute Gasteiger partial charge is 0.488 e. The fraction of sp³-hybridized carbons (Fsp3) is 0.536. The van der Waals surface area contributed by atoms with Crippen molar-refractivity contribution >= 4 is 5.91 Å². The molecule has 0 saturated carbocycles. The van der Waals surface area contributed by atoms with Gasteiger partial charge >= 0.3 is 0 Å². The molecule has 0 aliphatic heterocycles. The highest BCUT2D eigenvalue weighted by molar-refractivity contribution is 5.94. The number of ether oxygens (including phenoxy) is 2. The summed E-state index contributed by atoms with van der Waals surface area (Å²) in [5.74, 6) is 1.72. The summed E-state index contributed by atoms with van der Waals surface area (Å²) in [6.45, 7) is 15.4. The molecule has 2 rings (SSSR count). The summed E-state index contributed by atoms with van der Waals surface area (Å²) in [6.07, 6.45) is 4.63. The highest BCUT2D eigenvalue weighted by atomic mass is 16.5. The Labute approximate surface area is 194 Å². The van der Waals surface area contributed by atoms with Gasteiger partial charge in [-0.2, -0.15) is 0 Å². The Kier molecular flexibility index (Phi) is 9.18. The van der Waals surface area contributed by atoms with Crippen molar-refractivity contribution in [3.63, 3.8) is 0 Å². The molecule has 0 spiro atoms. The van der Waals surface area contributed by atoms with Gasteiger partial charge in [-0.25, -0.2) is 0 Å². The number of carbonyl (C=O) groups excluding carboxylic acids is 1. The quantitative estimate of drug-likeness (QED) is 0.367. The van der Waals surface area contributed by atoms with Crippen LogP contribution in [0.5, 0.6) is 11.5 Å². The molecule has 176 valence electrons. The van der Waals surface area contributed by atoms with Gasteiger partial charge in [0.05, 0.1) is 0 Å². The third kappa shape index (κ3) is 8.22. The number of hydrogen-bond acceptors (Lipinski definition) is 3. The number of amides is 1. The van der Waals surface area contributed by atoms with E-state index in [1.165, 1.54) is 5.56 Å². The average Bonchev–Trinajstić information content (AvgIpc) is 2.74. The SMILES string of the molecule is CCC(C)(C)Oc1ccc(CCCCNC(=O)c2ccc(C)cc2)c(OC(C)(C)CC)c1. The maximum Gasteiger partial charge on any atom is 0.251 e. The minimum atomic E-state index is -0.240. The maximum absolute atomic E-state index is 12.3. The molecule has 4 heteroatoms. The van der Waals surface area contributed by atoms with Crippen molar-refractivity contribution < 1.29 is 14.3 Å². The van der Waals surface area contributed by atoms with Crippen molar-refractivity contribution in [2.24, 2.45) is 0 Å². The van der Waals surface area contributed by atoms with Crippen LogP contribution < -0.4 is 14.8 Å². The van der Waals surface area contributed by atoms with Crippen LogP contribution in [0.25, 0.3) is 0 Å². The van der Waals surface area contributed by atoms with Crippen molar-refractivity contribution in [1.82, 2.24) is 5.32 Å². The van der Waals surface area contributed by atoms with Crippen molar-refractivity contribution in [2.75, 3.05) is 6.54 Å². The van der Waals surface area contributed by atoms with Crippen LogP contribution in [0.1, 0.15) is 88.7 Å². The summed E-state index contributed by atoms with van der Waals surface area (Å²) in [6, 6.07) is 13.8. The van der Waals surface area contributed by atoms with Crippen molar-refractivity contribution in [3.05, 3.63) is 59.2 Å². The van der Waals surface area contributed by atoms with E-state index in [1.807, 2.05) is 43.3 Å². The average molecular weight is 440 g/mol. The number of benzene rings is 2. The third-order valence-corrected chi connectivity index (χ3v) is 5.99. The lowest BCUT2D eigenvalue weighted by molar-refractivity contribution is 0.0942. The summed E-state index contributed by atoms with van der Waals surface area (Å²) in [5, 5.41) is 3.02. The zero-order chi connectivity index (χ0) is 23.8. The predicted molar refractivity (Wildman–Crippen MR) is 133 cm³/mol. The van der Waals surface area contributed by atoms with Gasteiger partial charge in [0.25, 0.3) is 5.91 Å². The van der Waals surface area contributed by atoms with E-state index >= 15 is 0 Å². The van der Waals surface area contributed by atoms with Gasteiger partial charge in [0.2, 0.25) is 0 Å². The molecule has 0 aromatic heterocycles. The predicted octanol–water partition coefficient (Wildman–Crippen LogP) is 6.88. The van der Waals surface area contributed by atoms with Crippen LogP contribution in [0.15, 0.2) is 42.5 Å². The zero-order valence-corrected chi connectivity index (χ0v) is 21.0. The van der Waals surface area contributed by atoms with Crippen LogP contribution in [0.4, 0.5) is 0 Å². The molecule has 0 radical (unpaired) electrons. The lowest BCUT2D eigenvalue weighted by atomic mass is 10.0. The summed E-state index contributed by atoms with van der Waals surface area (Å²) in [7, 11) is 0. The Balaban J connectivity index is 1.96. The molecule has 1 amide bonds. The fourth-order valence-corrected chi connectivity index (χ4v) is 3.11. The van der Waals surface area contributed by atoms with E-state index < -0.39 is 0 Å². The molecule has 0 unspecified atom stereocenters. The topological polar surface area (TPSA) is 47.6 Å². The summed E-state index contributed by atoms with van der Waals surface area (Å²) >= 11 is 0. The Hall–Kier alpha value is -2.49. The Bertz CT molecular complexity index is 869. The van der Waals surface area contributed by atoms with Gasteiger partial charge in [-0.15, -0.1) is 0 Å². The molecule has 1 N–H and O–H groups in total.